The molecule has 6 aromatic rings. The number of rotatable bonds is 0. The Balaban J connectivity index is 0.000000157. The number of aromatic nitrogens is 5. The summed E-state index contributed by atoms with van der Waals surface area (Å²) < 4.78 is 10.0. The number of aryl methyl sites for hydroxylation is 6. The molecule has 0 amide bonds. The molecule has 5 heteroatoms. The van der Waals surface area contributed by atoms with Gasteiger partial charge in [-0.05, 0) is 143 Å². The Hall–Kier alpha value is -4.25. The van der Waals surface area contributed by atoms with Gasteiger partial charge in [0, 0.05) is 47.7 Å². The summed E-state index contributed by atoms with van der Waals surface area (Å²) in [7, 11) is 0. The van der Waals surface area contributed by atoms with Crippen molar-refractivity contribution >= 4 is 27.5 Å². The van der Waals surface area contributed by atoms with E-state index in [1.54, 1.807) is 0 Å². The average molecular weight is 640 g/mol. The number of imidazole rings is 2. The van der Waals surface area contributed by atoms with Gasteiger partial charge in [-0.3, -0.25) is 4.98 Å². The smallest absolute Gasteiger partial charge is 0.256 e. The van der Waals surface area contributed by atoms with Crippen molar-refractivity contribution in [3.05, 3.63) is 104 Å². The maximum absolute atomic E-state index is 4.62. The number of benzene rings is 1. The quantitative estimate of drug-likeness (QED) is 0.152. The van der Waals surface area contributed by atoms with Crippen LogP contribution in [0.5, 0.6) is 0 Å². The van der Waals surface area contributed by atoms with Crippen LogP contribution in [0.2, 0.25) is 0 Å². The summed E-state index contributed by atoms with van der Waals surface area (Å²) >= 11 is 0. The summed E-state index contributed by atoms with van der Waals surface area (Å²) in [6.07, 6.45) is 1.88. The molecule has 7 heterocycles. The second kappa shape index (κ2) is 10.1. The fourth-order valence-corrected chi connectivity index (χ4v) is 9.26. The first-order chi connectivity index (χ1) is 22.4. The Morgan fingerprint density at radius 2 is 1.08 bits per heavy atom. The summed E-state index contributed by atoms with van der Waals surface area (Å²) in [5.41, 5.74) is 23.2. The van der Waals surface area contributed by atoms with Crippen LogP contribution in [0, 0.1) is 69.2 Å². The van der Waals surface area contributed by atoms with Crippen LogP contribution in [-0.2, 0) is 11.1 Å². The summed E-state index contributed by atoms with van der Waals surface area (Å²) in [6, 6.07) is 8.79. The zero-order valence-corrected chi connectivity index (χ0v) is 32.1. The van der Waals surface area contributed by atoms with Crippen LogP contribution < -0.4 is 9.13 Å². The number of allylic oxidation sites excluding steroid dienone is 2. The lowest BCUT2D eigenvalue weighted by atomic mass is 9.91. The fourth-order valence-electron chi connectivity index (χ4n) is 9.26. The van der Waals surface area contributed by atoms with Gasteiger partial charge in [-0.25, -0.2) is 9.13 Å². The van der Waals surface area contributed by atoms with E-state index in [0.717, 1.165) is 5.52 Å². The van der Waals surface area contributed by atoms with E-state index in [-0.39, 0.29) is 11.1 Å². The van der Waals surface area contributed by atoms with Crippen molar-refractivity contribution in [1.82, 2.24) is 13.8 Å². The first kappa shape index (κ1) is 32.3. The van der Waals surface area contributed by atoms with Gasteiger partial charge in [-0.15, -0.1) is 0 Å². The van der Waals surface area contributed by atoms with Crippen LogP contribution in [-0.4, -0.2) is 13.8 Å². The minimum absolute atomic E-state index is 0.0657. The third-order valence-corrected chi connectivity index (χ3v) is 12.9. The van der Waals surface area contributed by atoms with Crippen molar-refractivity contribution in [3.8, 4) is 11.4 Å². The van der Waals surface area contributed by atoms with Crippen molar-refractivity contribution in [2.45, 2.75) is 122 Å². The SMILES string of the molecule is CC1=C(C)C(C)(C)[n+]2c(C)c3c(C)c(C)c(C)c(C)n3c21.Cc1c(C)c(C)n2c3[n+](c(C)c2c1C)C(C)(C)c1cc2cccnc2cc1-3. The lowest BCUT2D eigenvalue weighted by Crippen LogP contribution is -2.52. The van der Waals surface area contributed by atoms with E-state index < -0.39 is 0 Å². The molecule has 0 spiro atoms. The molecule has 2 aliphatic heterocycles. The predicted molar refractivity (Wildman–Crippen MR) is 199 cm³/mol. The molecule has 0 saturated heterocycles. The number of hydrogen-bond acceptors (Lipinski definition) is 1. The summed E-state index contributed by atoms with van der Waals surface area (Å²) in [5.74, 6) is 2.66. The predicted octanol–water partition coefficient (Wildman–Crippen LogP) is 9.39. The van der Waals surface area contributed by atoms with Gasteiger partial charge >= 0.3 is 0 Å². The lowest BCUT2D eigenvalue weighted by molar-refractivity contribution is -0.748. The van der Waals surface area contributed by atoms with E-state index in [1.165, 1.54) is 106 Å². The molecule has 8 rings (SSSR count). The van der Waals surface area contributed by atoms with Gasteiger partial charge in [-0.2, -0.15) is 8.80 Å². The lowest BCUT2D eigenvalue weighted by Gasteiger charge is -2.19. The highest BCUT2D eigenvalue weighted by atomic mass is 15.2. The summed E-state index contributed by atoms with van der Waals surface area (Å²) in [6.45, 7) is 36.4. The highest BCUT2D eigenvalue weighted by molar-refractivity contribution is 5.87. The molecule has 0 aliphatic carbocycles. The number of pyridine rings is 3. The maximum atomic E-state index is 4.62. The Bertz CT molecular complexity index is 2460. The van der Waals surface area contributed by atoms with Crippen LogP contribution in [0.4, 0.5) is 0 Å². The number of hydrogen-bond donors (Lipinski definition) is 0. The molecule has 0 bridgehead atoms. The molecule has 1 aromatic carbocycles. The van der Waals surface area contributed by atoms with Crippen LogP contribution >= 0.6 is 0 Å². The van der Waals surface area contributed by atoms with Crippen LogP contribution in [0.3, 0.4) is 0 Å². The minimum atomic E-state index is -0.0918. The molecule has 0 saturated carbocycles. The van der Waals surface area contributed by atoms with E-state index >= 15 is 0 Å². The molecule has 2 aliphatic rings. The number of nitrogens with zero attached hydrogens (tertiary/aromatic N) is 5. The second-order valence-electron chi connectivity index (χ2n) is 15.7. The molecule has 48 heavy (non-hydrogen) atoms. The molecule has 0 N–H and O–H groups in total. The molecule has 0 unspecified atom stereocenters. The molecular formula is C43H53N5+2. The van der Waals surface area contributed by atoms with Gasteiger partial charge in [0.15, 0.2) is 11.0 Å². The van der Waals surface area contributed by atoms with Gasteiger partial charge in [0.25, 0.3) is 11.6 Å². The number of fused-ring (bicyclic) bond motifs is 9. The topological polar surface area (TPSA) is 29.5 Å². The fraction of sp³-hybridized carbons (Fsp3) is 0.419. The van der Waals surface area contributed by atoms with E-state index in [2.05, 4.69) is 152 Å². The van der Waals surface area contributed by atoms with Crippen LogP contribution in [0.25, 0.3) is 38.9 Å². The molecule has 248 valence electrons. The van der Waals surface area contributed by atoms with Crippen molar-refractivity contribution in [1.29, 1.82) is 0 Å². The molecule has 5 aromatic heterocycles. The average Bonchev–Trinajstić information content (AvgIpc) is 3.67. The van der Waals surface area contributed by atoms with Crippen molar-refractivity contribution in [2.75, 3.05) is 0 Å². The highest BCUT2D eigenvalue weighted by Gasteiger charge is 2.47. The zero-order valence-electron chi connectivity index (χ0n) is 32.1. The van der Waals surface area contributed by atoms with Crippen LogP contribution in [0.1, 0.15) is 109 Å². The first-order valence-corrected chi connectivity index (χ1v) is 17.5. The van der Waals surface area contributed by atoms with E-state index in [4.69, 9.17) is 0 Å². The summed E-state index contributed by atoms with van der Waals surface area (Å²) in [4.78, 5) is 4.62. The Morgan fingerprint density at radius 3 is 1.62 bits per heavy atom. The van der Waals surface area contributed by atoms with Gasteiger partial charge in [0.05, 0.1) is 11.1 Å². The van der Waals surface area contributed by atoms with Gasteiger partial charge in [-0.1, -0.05) is 6.07 Å². The van der Waals surface area contributed by atoms with Crippen LogP contribution in [0.15, 0.2) is 36.0 Å². The van der Waals surface area contributed by atoms with Gasteiger partial charge in [0.1, 0.15) is 33.9 Å². The van der Waals surface area contributed by atoms with Crippen molar-refractivity contribution < 1.29 is 9.13 Å². The van der Waals surface area contributed by atoms with Crippen molar-refractivity contribution in [2.24, 2.45) is 0 Å². The molecule has 5 nitrogen and oxygen atoms in total. The van der Waals surface area contributed by atoms with Gasteiger partial charge in [0.2, 0.25) is 0 Å². The molecule has 0 fully saturated rings. The normalized spacial score (nSPS) is 15.8. The van der Waals surface area contributed by atoms with Gasteiger partial charge < -0.3 is 0 Å². The minimum Gasteiger partial charge on any atom is -0.256 e. The van der Waals surface area contributed by atoms with Crippen molar-refractivity contribution in [3.63, 3.8) is 0 Å². The standard InChI is InChI=1S/C24H26N3.C19H27N2/c1-13-14(2)16(4)26-22(15(13)3)17(5)27-23(26)19-12-21-18(9-8-10-25-21)11-20(19)24(27,6)7;1-10-11(2)15(6)20-17(12(10)3)16(7)21-18(20)13(4)14(5)19(21,8)9/h8-12H,1-7H3;1-9H3/q2*+1. The highest BCUT2D eigenvalue weighted by Crippen LogP contribution is 2.43. The largest absolute Gasteiger partial charge is 0.295 e. The Kier molecular flexibility index (Phi) is 6.82. The Morgan fingerprint density at radius 1 is 0.583 bits per heavy atom. The second-order valence-corrected chi connectivity index (χ2v) is 15.7. The Labute approximate surface area is 286 Å². The van der Waals surface area contributed by atoms with E-state index in [1.807, 2.05) is 12.3 Å². The monoisotopic (exact) mass is 639 g/mol. The molecular weight excluding hydrogens is 587 g/mol. The molecule has 0 atom stereocenters. The third kappa shape index (κ3) is 3.82. The van der Waals surface area contributed by atoms with E-state index in [0.29, 0.717) is 0 Å². The third-order valence-electron chi connectivity index (χ3n) is 12.9. The maximum Gasteiger partial charge on any atom is 0.295 e. The summed E-state index contributed by atoms with van der Waals surface area (Å²) in [5, 5.41) is 1.21. The zero-order chi connectivity index (χ0) is 35.1. The molecule has 0 radical (unpaired) electrons. The first-order valence-electron chi connectivity index (χ1n) is 17.5. The van der Waals surface area contributed by atoms with E-state index in [9.17, 15) is 0 Å².